The van der Waals surface area contributed by atoms with Gasteiger partial charge in [0.25, 0.3) is 0 Å². The van der Waals surface area contributed by atoms with Crippen LogP contribution in [0.5, 0.6) is 11.5 Å². The zero-order valence-corrected chi connectivity index (χ0v) is 17.2. The lowest BCUT2D eigenvalue weighted by molar-refractivity contribution is -0.146. The maximum absolute atomic E-state index is 13.0. The number of nitrogens with zero attached hydrogens (tertiary/aromatic N) is 1. The van der Waals surface area contributed by atoms with Crippen LogP contribution in [0.2, 0.25) is 0 Å². The molecule has 0 spiro atoms. The van der Waals surface area contributed by atoms with Gasteiger partial charge in [-0.25, -0.2) is 5.43 Å². The number of carboxylic acids is 1. The van der Waals surface area contributed by atoms with E-state index in [0.29, 0.717) is 41.3 Å². The van der Waals surface area contributed by atoms with Crippen LogP contribution in [-0.4, -0.2) is 35.4 Å². The Hall–Kier alpha value is -4.08. The molecule has 0 unspecified atom stereocenters. The van der Waals surface area contributed by atoms with Crippen LogP contribution in [0.25, 0.3) is 0 Å². The third-order valence-corrected chi connectivity index (χ3v) is 5.32. The van der Waals surface area contributed by atoms with Crippen molar-refractivity contribution >= 4 is 29.2 Å². The third kappa shape index (κ3) is 4.34. The number of hydrazone groups is 1. The first-order chi connectivity index (χ1) is 15.4. The van der Waals surface area contributed by atoms with Crippen molar-refractivity contribution in [2.24, 2.45) is 16.9 Å². The van der Waals surface area contributed by atoms with Gasteiger partial charge in [-0.15, -0.1) is 0 Å². The molecule has 1 aliphatic heterocycles. The van der Waals surface area contributed by atoms with Crippen LogP contribution < -0.4 is 20.2 Å². The molecular formula is C22H21N3O7. The van der Waals surface area contributed by atoms with Crippen LogP contribution in [0.15, 0.2) is 52.2 Å². The summed E-state index contributed by atoms with van der Waals surface area (Å²) in [5.74, 6) is -2.48. The second-order valence-electron chi connectivity index (χ2n) is 7.35. The van der Waals surface area contributed by atoms with E-state index in [0.717, 1.165) is 0 Å². The molecule has 1 aromatic carbocycles. The molecule has 1 aliphatic carbocycles. The molecule has 2 atom stereocenters. The molecule has 0 fully saturated rings. The molecule has 4 rings (SSSR count). The number of aliphatic carboxylic acids is 1. The van der Waals surface area contributed by atoms with Gasteiger partial charge in [0, 0.05) is 11.6 Å². The Morgan fingerprint density at radius 1 is 1.09 bits per heavy atom. The van der Waals surface area contributed by atoms with Crippen LogP contribution in [0.3, 0.4) is 0 Å². The summed E-state index contributed by atoms with van der Waals surface area (Å²) in [6, 6.07) is 6.33. The number of carboxylic acid groups (broad SMARTS) is 1. The van der Waals surface area contributed by atoms with Gasteiger partial charge in [0.1, 0.15) is 0 Å². The fourth-order valence-electron chi connectivity index (χ4n) is 3.60. The maximum atomic E-state index is 13.0. The van der Waals surface area contributed by atoms with Crippen LogP contribution in [0.4, 0.5) is 5.69 Å². The van der Waals surface area contributed by atoms with Crippen molar-refractivity contribution in [1.29, 1.82) is 0 Å². The molecule has 0 bridgehead atoms. The lowest BCUT2D eigenvalue weighted by Gasteiger charge is -2.24. The van der Waals surface area contributed by atoms with E-state index in [4.69, 9.17) is 13.9 Å². The quantitative estimate of drug-likeness (QED) is 0.357. The standard InChI is InChI=1S/C22H21N3O7/c1-12(24-25-21(27)17-7-4-8-30-17)15-9-18-19(32-11-31-18)10-16(15)23-20(26)13-5-2-3-6-14(13)22(28)29/h2-4,7-10,13-14H,5-6,11H2,1H3,(H,23,26)(H,25,27)(H,28,29)/b24-12-/t13-,14-/m0/s1. The van der Waals surface area contributed by atoms with Gasteiger partial charge in [0.2, 0.25) is 12.7 Å². The molecular weight excluding hydrogens is 418 g/mol. The number of allylic oxidation sites excluding steroid dienone is 2. The minimum Gasteiger partial charge on any atom is -0.481 e. The average molecular weight is 439 g/mol. The Morgan fingerprint density at radius 2 is 1.81 bits per heavy atom. The normalized spacial score (nSPS) is 19.5. The molecule has 2 amide bonds. The fraction of sp³-hybridized carbons (Fsp3) is 0.273. The van der Waals surface area contributed by atoms with Gasteiger partial charge in [-0.05, 0) is 38.0 Å². The minimum atomic E-state index is -1.02. The number of fused-ring (bicyclic) bond motifs is 1. The van der Waals surface area contributed by atoms with Gasteiger partial charge < -0.3 is 24.3 Å². The number of furan rings is 1. The topological polar surface area (TPSA) is 139 Å². The van der Waals surface area contributed by atoms with E-state index in [1.165, 1.54) is 12.3 Å². The van der Waals surface area contributed by atoms with Crippen LogP contribution in [0, 0.1) is 11.8 Å². The minimum absolute atomic E-state index is 0.0338. The second-order valence-corrected chi connectivity index (χ2v) is 7.35. The first-order valence-electron chi connectivity index (χ1n) is 9.95. The van der Waals surface area contributed by atoms with Crippen molar-refractivity contribution in [3.63, 3.8) is 0 Å². The number of ether oxygens (including phenoxy) is 2. The Balaban J connectivity index is 1.59. The van der Waals surface area contributed by atoms with Gasteiger partial charge in [0.05, 0.1) is 29.5 Å². The van der Waals surface area contributed by atoms with Crippen LogP contribution >= 0.6 is 0 Å². The molecule has 0 saturated carbocycles. The van der Waals surface area contributed by atoms with Crippen LogP contribution in [0.1, 0.15) is 35.9 Å². The lowest BCUT2D eigenvalue weighted by Crippen LogP contribution is -2.35. The van der Waals surface area contributed by atoms with Gasteiger partial charge in [-0.1, -0.05) is 12.2 Å². The van der Waals surface area contributed by atoms with Crippen molar-refractivity contribution in [2.45, 2.75) is 19.8 Å². The summed E-state index contributed by atoms with van der Waals surface area (Å²) in [7, 11) is 0. The molecule has 2 aromatic rings. The summed E-state index contributed by atoms with van der Waals surface area (Å²) >= 11 is 0. The van der Waals surface area contributed by atoms with Crippen molar-refractivity contribution in [2.75, 3.05) is 12.1 Å². The van der Waals surface area contributed by atoms with E-state index in [1.807, 2.05) is 0 Å². The highest BCUT2D eigenvalue weighted by molar-refractivity contribution is 6.08. The number of hydrogen-bond donors (Lipinski definition) is 3. The number of rotatable bonds is 6. The zero-order chi connectivity index (χ0) is 22.7. The van der Waals surface area contributed by atoms with Crippen LogP contribution in [-0.2, 0) is 9.59 Å². The first-order valence-corrected chi connectivity index (χ1v) is 9.95. The van der Waals surface area contributed by atoms with E-state index < -0.39 is 29.6 Å². The third-order valence-electron chi connectivity index (χ3n) is 5.32. The number of amides is 2. The number of hydrogen-bond acceptors (Lipinski definition) is 7. The highest BCUT2D eigenvalue weighted by atomic mass is 16.7. The second kappa shape index (κ2) is 8.96. The smallest absolute Gasteiger partial charge is 0.307 e. The van der Waals surface area contributed by atoms with Gasteiger partial charge >= 0.3 is 11.9 Å². The number of anilines is 1. The molecule has 0 saturated heterocycles. The molecule has 2 aliphatic rings. The Bertz CT molecular complexity index is 1100. The van der Waals surface area contributed by atoms with Crippen molar-refractivity contribution in [3.05, 3.63) is 54.0 Å². The fourth-order valence-corrected chi connectivity index (χ4v) is 3.60. The molecule has 0 radical (unpaired) electrons. The molecule has 3 N–H and O–H groups in total. The summed E-state index contributed by atoms with van der Waals surface area (Å²) in [4.78, 5) is 36.7. The highest BCUT2D eigenvalue weighted by Gasteiger charge is 2.34. The Labute approximate surface area is 182 Å². The van der Waals surface area contributed by atoms with Crippen molar-refractivity contribution in [3.8, 4) is 11.5 Å². The first kappa shape index (κ1) is 21.2. The zero-order valence-electron chi connectivity index (χ0n) is 17.2. The van der Waals surface area contributed by atoms with E-state index in [1.54, 1.807) is 37.3 Å². The number of carbonyl (C=O) groups excluding carboxylic acids is 2. The summed E-state index contributed by atoms with van der Waals surface area (Å²) < 4.78 is 15.9. The SMILES string of the molecule is C/C(=N/NC(=O)c1ccco1)c1cc2c(cc1NC(=O)[C@H]1CC=CC[C@@H]1C(=O)O)OCO2. The molecule has 166 valence electrons. The van der Waals surface area contributed by atoms with E-state index >= 15 is 0 Å². The van der Waals surface area contributed by atoms with Crippen molar-refractivity contribution < 1.29 is 33.4 Å². The predicted molar refractivity (Wildman–Crippen MR) is 113 cm³/mol. The molecule has 2 heterocycles. The number of carbonyl (C=O) groups is 3. The lowest BCUT2D eigenvalue weighted by atomic mass is 9.82. The molecule has 1 aromatic heterocycles. The number of benzene rings is 1. The monoisotopic (exact) mass is 439 g/mol. The highest BCUT2D eigenvalue weighted by Crippen LogP contribution is 2.38. The van der Waals surface area contributed by atoms with Crippen molar-refractivity contribution in [1.82, 2.24) is 5.43 Å². The average Bonchev–Trinajstić information content (AvgIpc) is 3.48. The summed E-state index contributed by atoms with van der Waals surface area (Å²) in [6.07, 6.45) is 5.58. The largest absolute Gasteiger partial charge is 0.481 e. The Morgan fingerprint density at radius 3 is 2.50 bits per heavy atom. The van der Waals surface area contributed by atoms with Gasteiger partial charge in [0.15, 0.2) is 17.3 Å². The van der Waals surface area contributed by atoms with E-state index in [-0.39, 0.29) is 12.6 Å². The summed E-state index contributed by atoms with van der Waals surface area (Å²) in [6.45, 7) is 1.69. The van der Waals surface area contributed by atoms with E-state index in [2.05, 4.69) is 15.8 Å². The Kier molecular flexibility index (Phi) is 5.93. The van der Waals surface area contributed by atoms with Gasteiger partial charge in [-0.3, -0.25) is 14.4 Å². The molecule has 32 heavy (non-hydrogen) atoms. The predicted octanol–water partition coefficient (Wildman–Crippen LogP) is 2.77. The summed E-state index contributed by atoms with van der Waals surface area (Å²) in [5.41, 5.74) is 3.64. The molecule has 10 heteroatoms. The van der Waals surface area contributed by atoms with Gasteiger partial charge in [-0.2, -0.15) is 5.10 Å². The maximum Gasteiger partial charge on any atom is 0.307 e. The number of nitrogens with one attached hydrogen (secondary N) is 2. The molecule has 10 nitrogen and oxygen atoms in total. The van der Waals surface area contributed by atoms with E-state index in [9.17, 15) is 19.5 Å². The summed E-state index contributed by atoms with van der Waals surface area (Å²) in [5, 5.41) is 16.4.